The summed E-state index contributed by atoms with van der Waals surface area (Å²) in [5, 5.41) is 9.92. The van der Waals surface area contributed by atoms with Gasteiger partial charge in [-0.15, -0.1) is 0 Å². The maximum Gasteiger partial charge on any atom is 0.269 e. The molecule has 160 valence electrons. The third-order valence-electron chi connectivity index (χ3n) is 5.20. The normalized spacial score (nSPS) is 11.6. The summed E-state index contributed by atoms with van der Waals surface area (Å²) < 4.78 is 22.3. The lowest BCUT2D eigenvalue weighted by Gasteiger charge is -2.10. The monoisotopic (exact) mass is 437 g/mol. The maximum absolute atomic E-state index is 13.3. The van der Waals surface area contributed by atoms with Crippen molar-refractivity contribution in [2.45, 2.75) is 0 Å². The summed E-state index contributed by atoms with van der Waals surface area (Å²) in [5.74, 6) is 0.301. The van der Waals surface area contributed by atoms with Crippen molar-refractivity contribution in [3.05, 3.63) is 100 Å². The van der Waals surface area contributed by atoms with Crippen LogP contribution in [-0.2, 0) is 7.05 Å². The minimum absolute atomic E-state index is 0.00400. The molecule has 0 radical (unpaired) electrons. The second-order valence-corrected chi connectivity index (χ2v) is 7.27. The number of nitrogens with zero attached hydrogens (tertiary/aromatic N) is 5. The zero-order valence-electron chi connectivity index (χ0n) is 17.4. The maximum atomic E-state index is 13.3. The van der Waals surface area contributed by atoms with E-state index >= 15 is 0 Å². The van der Waals surface area contributed by atoms with Crippen molar-refractivity contribution in [1.29, 1.82) is 5.26 Å². The van der Waals surface area contributed by atoms with Gasteiger partial charge in [0.05, 0.1) is 16.6 Å². The molecular weight excluding hydrogens is 421 g/mol. The number of allylic oxidation sites excluding steroid dienone is 1. The highest BCUT2D eigenvalue weighted by molar-refractivity contribution is 5.91. The van der Waals surface area contributed by atoms with Crippen LogP contribution in [0.3, 0.4) is 0 Å². The third kappa shape index (κ3) is 3.62. The van der Waals surface area contributed by atoms with E-state index in [9.17, 15) is 14.4 Å². The summed E-state index contributed by atoms with van der Waals surface area (Å²) >= 11 is 0. The van der Waals surface area contributed by atoms with Crippen LogP contribution in [0.4, 0.5) is 4.39 Å². The second kappa shape index (κ2) is 8.05. The number of nitriles is 1. The first kappa shape index (κ1) is 20.2. The Labute approximate surface area is 187 Å². The first-order chi connectivity index (χ1) is 16.0. The van der Waals surface area contributed by atoms with Gasteiger partial charge in [0.25, 0.3) is 5.56 Å². The average Bonchev–Trinajstić information content (AvgIpc) is 3.17. The molecule has 5 rings (SSSR count). The molecule has 2 aromatic carbocycles. The van der Waals surface area contributed by atoms with Crippen LogP contribution in [0.5, 0.6) is 11.6 Å². The van der Waals surface area contributed by atoms with Gasteiger partial charge < -0.3 is 9.30 Å². The Bertz CT molecular complexity index is 1640. The molecule has 0 unspecified atom stereocenters. The Morgan fingerprint density at radius 1 is 1.06 bits per heavy atom. The number of ether oxygens (including phenoxy) is 1. The molecule has 0 spiro atoms. The molecule has 0 aliphatic carbocycles. The second-order valence-electron chi connectivity index (χ2n) is 7.27. The number of imidazole rings is 1. The van der Waals surface area contributed by atoms with Gasteiger partial charge in [-0.2, -0.15) is 10.2 Å². The molecule has 7 nitrogen and oxygen atoms in total. The van der Waals surface area contributed by atoms with Crippen molar-refractivity contribution < 1.29 is 9.13 Å². The largest absolute Gasteiger partial charge is 0.438 e. The van der Waals surface area contributed by atoms with E-state index in [-0.39, 0.29) is 17.0 Å². The van der Waals surface area contributed by atoms with E-state index in [1.807, 2.05) is 24.3 Å². The summed E-state index contributed by atoms with van der Waals surface area (Å²) in [4.78, 5) is 22.4. The number of fused-ring (bicyclic) bond motifs is 2. The van der Waals surface area contributed by atoms with Crippen LogP contribution in [0, 0.1) is 17.1 Å². The van der Waals surface area contributed by atoms with E-state index in [1.54, 1.807) is 36.0 Å². The zero-order valence-corrected chi connectivity index (χ0v) is 17.4. The molecule has 5 aromatic rings. The van der Waals surface area contributed by atoms with Gasteiger partial charge in [-0.05, 0) is 54.6 Å². The van der Waals surface area contributed by atoms with Crippen LogP contribution < -0.4 is 10.3 Å². The highest BCUT2D eigenvalue weighted by Gasteiger charge is 2.18. The fraction of sp³-hybridized carbons (Fsp3) is 0.0400. The molecule has 3 aromatic heterocycles. The number of pyridine rings is 1. The molecule has 33 heavy (non-hydrogen) atoms. The van der Waals surface area contributed by atoms with Crippen molar-refractivity contribution in [1.82, 2.24) is 18.9 Å². The van der Waals surface area contributed by atoms with E-state index in [2.05, 4.69) is 16.0 Å². The summed E-state index contributed by atoms with van der Waals surface area (Å²) in [6, 6.07) is 20.1. The molecule has 0 saturated carbocycles. The molecule has 0 amide bonds. The summed E-state index contributed by atoms with van der Waals surface area (Å²) in [6.45, 7) is 0. The Morgan fingerprint density at radius 3 is 2.58 bits per heavy atom. The van der Waals surface area contributed by atoms with Crippen LogP contribution in [0.1, 0.15) is 11.4 Å². The predicted molar refractivity (Wildman–Crippen MR) is 122 cm³/mol. The molecule has 0 saturated heterocycles. The molecule has 0 bridgehead atoms. The van der Waals surface area contributed by atoms with Crippen LogP contribution >= 0.6 is 0 Å². The number of aryl methyl sites for hydroxylation is 1. The summed E-state index contributed by atoms with van der Waals surface area (Å²) in [5.41, 5.74) is 1.79. The zero-order chi connectivity index (χ0) is 22.9. The molecule has 0 fully saturated rings. The molecule has 8 heteroatoms. The van der Waals surface area contributed by atoms with Crippen molar-refractivity contribution in [3.63, 3.8) is 0 Å². The summed E-state index contributed by atoms with van der Waals surface area (Å²) in [6.07, 6.45) is 3.01. The lowest BCUT2D eigenvalue weighted by atomic mass is 10.1. The molecule has 0 aliphatic rings. The number of aromatic nitrogens is 4. The van der Waals surface area contributed by atoms with Crippen LogP contribution in [0.2, 0.25) is 0 Å². The Balaban J connectivity index is 1.72. The minimum Gasteiger partial charge on any atom is -0.438 e. The average molecular weight is 437 g/mol. The van der Waals surface area contributed by atoms with E-state index in [0.29, 0.717) is 17.2 Å². The number of halogens is 1. The van der Waals surface area contributed by atoms with Gasteiger partial charge in [0, 0.05) is 13.2 Å². The first-order valence-corrected chi connectivity index (χ1v) is 10.0. The van der Waals surface area contributed by atoms with Crippen molar-refractivity contribution in [2.75, 3.05) is 0 Å². The molecule has 3 heterocycles. The highest BCUT2D eigenvalue weighted by atomic mass is 19.1. The van der Waals surface area contributed by atoms with Crippen molar-refractivity contribution >= 4 is 28.3 Å². The standard InChI is InChI=1S/C25H16FN5O2/c1-30-21-7-3-2-6-20(21)28-23(30)16(15-27)14-19-24(33-18-11-9-17(26)10-12-18)29-22-8-4-5-13-31(22)25(19)32/h2-14H,1H3. The molecule has 0 atom stereocenters. The van der Waals surface area contributed by atoms with Gasteiger partial charge in [-0.3, -0.25) is 9.20 Å². The van der Waals surface area contributed by atoms with Crippen LogP contribution in [0.15, 0.2) is 77.7 Å². The van der Waals surface area contributed by atoms with Gasteiger partial charge in [0.1, 0.15) is 28.8 Å². The lowest BCUT2D eigenvalue weighted by molar-refractivity contribution is 0.459. The van der Waals surface area contributed by atoms with Gasteiger partial charge in [0.2, 0.25) is 5.88 Å². The number of hydrogen-bond acceptors (Lipinski definition) is 5. The molecular formula is C25H16FN5O2. The smallest absolute Gasteiger partial charge is 0.269 e. The number of benzene rings is 2. The fourth-order valence-corrected chi connectivity index (χ4v) is 3.58. The number of para-hydroxylation sites is 2. The Morgan fingerprint density at radius 2 is 1.82 bits per heavy atom. The van der Waals surface area contributed by atoms with Crippen LogP contribution in [0.25, 0.3) is 28.3 Å². The van der Waals surface area contributed by atoms with Gasteiger partial charge >= 0.3 is 0 Å². The topological polar surface area (TPSA) is 85.2 Å². The van der Waals surface area contributed by atoms with Crippen LogP contribution in [-0.4, -0.2) is 18.9 Å². The third-order valence-corrected chi connectivity index (χ3v) is 5.20. The number of rotatable bonds is 4. The van der Waals surface area contributed by atoms with E-state index in [1.165, 1.54) is 34.7 Å². The summed E-state index contributed by atoms with van der Waals surface area (Å²) in [7, 11) is 1.80. The Hall–Kier alpha value is -4.77. The minimum atomic E-state index is -0.414. The molecule has 0 aliphatic heterocycles. The SMILES string of the molecule is Cn1c(C(C#N)=Cc2c(Oc3ccc(F)cc3)nc3ccccn3c2=O)nc2ccccc21. The van der Waals surface area contributed by atoms with Gasteiger partial charge in [-0.25, -0.2) is 9.37 Å². The number of hydrogen-bond donors (Lipinski definition) is 0. The predicted octanol–water partition coefficient (Wildman–Crippen LogP) is 4.58. The lowest BCUT2D eigenvalue weighted by Crippen LogP contribution is -2.18. The quantitative estimate of drug-likeness (QED) is 0.384. The molecule has 0 N–H and O–H groups in total. The Kier molecular flexibility index (Phi) is 4.92. The van der Waals surface area contributed by atoms with Gasteiger partial charge in [-0.1, -0.05) is 18.2 Å². The highest BCUT2D eigenvalue weighted by Crippen LogP contribution is 2.27. The van der Waals surface area contributed by atoms with E-state index < -0.39 is 11.4 Å². The van der Waals surface area contributed by atoms with E-state index in [4.69, 9.17) is 4.74 Å². The van der Waals surface area contributed by atoms with Gasteiger partial charge in [0.15, 0.2) is 5.82 Å². The van der Waals surface area contributed by atoms with Crippen molar-refractivity contribution in [2.24, 2.45) is 7.05 Å². The van der Waals surface area contributed by atoms with E-state index in [0.717, 1.165) is 11.0 Å². The first-order valence-electron chi connectivity index (χ1n) is 10.0. The fourth-order valence-electron chi connectivity index (χ4n) is 3.58. The van der Waals surface area contributed by atoms with Crippen molar-refractivity contribution in [3.8, 4) is 17.7 Å².